The number of ether oxygens (including phenoxy) is 1. The first-order valence-corrected chi connectivity index (χ1v) is 8.74. The summed E-state index contributed by atoms with van der Waals surface area (Å²) < 4.78 is 12.1. The molecule has 0 aliphatic carbocycles. The molecule has 0 saturated heterocycles. The van der Waals surface area contributed by atoms with Crippen LogP contribution in [-0.4, -0.2) is 5.91 Å². The van der Waals surface area contributed by atoms with Gasteiger partial charge in [-0.15, -0.1) is 0 Å². The fourth-order valence-corrected chi connectivity index (χ4v) is 2.79. The van der Waals surface area contributed by atoms with Crippen LogP contribution in [0.5, 0.6) is 5.75 Å². The van der Waals surface area contributed by atoms with E-state index >= 15 is 0 Å². The Morgan fingerprint density at radius 2 is 1.96 bits per heavy atom. The van der Waals surface area contributed by atoms with Crippen molar-refractivity contribution in [2.45, 2.75) is 13.5 Å². The maximum Gasteiger partial charge on any atom is 0.291 e. The van der Waals surface area contributed by atoms with Gasteiger partial charge < -0.3 is 14.5 Å². The van der Waals surface area contributed by atoms with Crippen molar-refractivity contribution in [3.63, 3.8) is 0 Å². The van der Waals surface area contributed by atoms with Crippen LogP contribution in [0.2, 0.25) is 5.02 Å². The zero-order valence-corrected chi connectivity index (χ0v) is 15.7. The highest BCUT2D eigenvalue weighted by atomic mass is 79.9. The predicted molar refractivity (Wildman–Crippen MR) is 101 cm³/mol. The SMILES string of the molecule is Cc1c(Cl)cccc1NC(=O)c1ccc(COc2ccccc2Br)o1. The molecule has 0 saturated carbocycles. The Labute approximate surface area is 158 Å². The molecule has 25 heavy (non-hydrogen) atoms. The van der Waals surface area contributed by atoms with E-state index in [4.69, 9.17) is 20.8 Å². The second kappa shape index (κ2) is 7.76. The first-order valence-electron chi connectivity index (χ1n) is 7.57. The van der Waals surface area contributed by atoms with Gasteiger partial charge in [-0.05, 0) is 64.8 Å². The summed E-state index contributed by atoms with van der Waals surface area (Å²) in [5, 5.41) is 3.40. The maximum atomic E-state index is 12.3. The van der Waals surface area contributed by atoms with Crippen LogP contribution in [0.1, 0.15) is 21.9 Å². The van der Waals surface area contributed by atoms with E-state index in [1.54, 1.807) is 30.3 Å². The topological polar surface area (TPSA) is 51.5 Å². The Hall–Kier alpha value is -2.24. The molecule has 1 amide bonds. The number of halogens is 2. The van der Waals surface area contributed by atoms with Crippen LogP contribution in [0, 0.1) is 6.92 Å². The summed E-state index contributed by atoms with van der Waals surface area (Å²) in [6, 6.07) is 16.2. The van der Waals surface area contributed by atoms with Crippen LogP contribution < -0.4 is 10.1 Å². The summed E-state index contributed by atoms with van der Waals surface area (Å²) >= 11 is 9.48. The van der Waals surface area contributed by atoms with Gasteiger partial charge in [-0.25, -0.2) is 0 Å². The van der Waals surface area contributed by atoms with E-state index in [2.05, 4.69) is 21.2 Å². The number of rotatable bonds is 5. The van der Waals surface area contributed by atoms with Crippen molar-refractivity contribution in [2.24, 2.45) is 0 Å². The number of nitrogens with one attached hydrogen (secondary N) is 1. The van der Waals surface area contributed by atoms with E-state index in [1.807, 2.05) is 31.2 Å². The lowest BCUT2D eigenvalue weighted by atomic mass is 10.2. The highest BCUT2D eigenvalue weighted by molar-refractivity contribution is 9.10. The van der Waals surface area contributed by atoms with Crippen LogP contribution in [0.4, 0.5) is 5.69 Å². The van der Waals surface area contributed by atoms with Crippen LogP contribution in [0.15, 0.2) is 63.5 Å². The average molecular weight is 421 g/mol. The molecule has 0 spiro atoms. The summed E-state index contributed by atoms with van der Waals surface area (Å²) in [4.78, 5) is 12.3. The van der Waals surface area contributed by atoms with Gasteiger partial charge in [0.1, 0.15) is 18.1 Å². The largest absolute Gasteiger partial charge is 0.484 e. The van der Waals surface area contributed by atoms with Crippen molar-refractivity contribution in [1.29, 1.82) is 0 Å². The number of anilines is 1. The zero-order valence-electron chi connectivity index (χ0n) is 13.4. The number of benzene rings is 2. The Balaban J connectivity index is 1.65. The summed E-state index contributed by atoms with van der Waals surface area (Å²) in [6.45, 7) is 2.07. The standard InChI is InChI=1S/C19H15BrClNO3/c1-12-15(21)6-4-7-16(12)22-19(23)18-10-9-13(25-18)11-24-17-8-3-2-5-14(17)20/h2-10H,11H2,1H3,(H,22,23). The number of para-hydroxylation sites is 1. The van der Waals surface area contributed by atoms with Gasteiger partial charge in [0, 0.05) is 10.7 Å². The van der Waals surface area contributed by atoms with Crippen molar-refractivity contribution in [3.05, 3.63) is 81.2 Å². The van der Waals surface area contributed by atoms with E-state index in [-0.39, 0.29) is 18.3 Å². The molecule has 2 aromatic carbocycles. The second-order valence-electron chi connectivity index (χ2n) is 5.35. The minimum absolute atomic E-state index is 0.213. The molecular weight excluding hydrogens is 406 g/mol. The van der Waals surface area contributed by atoms with E-state index in [1.165, 1.54) is 0 Å². The van der Waals surface area contributed by atoms with Crippen molar-refractivity contribution >= 4 is 39.1 Å². The van der Waals surface area contributed by atoms with E-state index < -0.39 is 0 Å². The molecule has 0 fully saturated rings. The van der Waals surface area contributed by atoms with Gasteiger partial charge in [0.15, 0.2) is 5.76 Å². The van der Waals surface area contributed by atoms with Crippen molar-refractivity contribution < 1.29 is 13.9 Å². The summed E-state index contributed by atoms with van der Waals surface area (Å²) in [6.07, 6.45) is 0. The molecule has 0 bridgehead atoms. The highest BCUT2D eigenvalue weighted by Crippen LogP contribution is 2.26. The smallest absolute Gasteiger partial charge is 0.291 e. The summed E-state index contributed by atoms with van der Waals surface area (Å²) in [7, 11) is 0. The lowest BCUT2D eigenvalue weighted by Gasteiger charge is -2.08. The molecule has 0 aliphatic rings. The fourth-order valence-electron chi connectivity index (χ4n) is 2.21. The van der Waals surface area contributed by atoms with Gasteiger partial charge in [0.2, 0.25) is 0 Å². The van der Waals surface area contributed by atoms with Crippen LogP contribution in [0.25, 0.3) is 0 Å². The third-order valence-corrected chi connectivity index (χ3v) is 4.67. The van der Waals surface area contributed by atoms with Crippen LogP contribution in [0.3, 0.4) is 0 Å². The van der Waals surface area contributed by atoms with Gasteiger partial charge >= 0.3 is 0 Å². The van der Waals surface area contributed by atoms with Gasteiger partial charge in [-0.3, -0.25) is 4.79 Å². The first-order chi connectivity index (χ1) is 12.0. The van der Waals surface area contributed by atoms with E-state index in [0.717, 1.165) is 10.0 Å². The summed E-state index contributed by atoms with van der Waals surface area (Å²) in [5.74, 6) is 1.14. The molecule has 128 valence electrons. The molecule has 4 nitrogen and oxygen atoms in total. The van der Waals surface area contributed by atoms with Gasteiger partial charge in [0.05, 0.1) is 4.47 Å². The number of furan rings is 1. The Morgan fingerprint density at radius 1 is 1.16 bits per heavy atom. The molecular formula is C19H15BrClNO3. The van der Waals surface area contributed by atoms with E-state index in [0.29, 0.717) is 22.2 Å². The number of hydrogen-bond acceptors (Lipinski definition) is 3. The first kappa shape index (κ1) is 17.6. The number of carbonyl (C=O) groups is 1. The Bertz CT molecular complexity index is 907. The lowest BCUT2D eigenvalue weighted by molar-refractivity contribution is 0.0992. The third kappa shape index (κ3) is 4.24. The molecule has 0 atom stereocenters. The van der Waals surface area contributed by atoms with E-state index in [9.17, 15) is 4.79 Å². The van der Waals surface area contributed by atoms with Crippen molar-refractivity contribution in [3.8, 4) is 5.75 Å². The monoisotopic (exact) mass is 419 g/mol. The minimum Gasteiger partial charge on any atom is -0.484 e. The highest BCUT2D eigenvalue weighted by Gasteiger charge is 2.14. The molecule has 0 radical (unpaired) electrons. The molecule has 0 unspecified atom stereocenters. The number of carbonyl (C=O) groups excluding carboxylic acids is 1. The van der Waals surface area contributed by atoms with Crippen molar-refractivity contribution in [1.82, 2.24) is 0 Å². The van der Waals surface area contributed by atoms with Crippen LogP contribution >= 0.6 is 27.5 Å². The van der Waals surface area contributed by atoms with Crippen LogP contribution in [-0.2, 0) is 6.61 Å². The lowest BCUT2D eigenvalue weighted by Crippen LogP contribution is -2.12. The third-order valence-electron chi connectivity index (χ3n) is 3.61. The molecule has 0 aliphatic heterocycles. The molecule has 3 aromatic rings. The fraction of sp³-hybridized carbons (Fsp3) is 0.105. The number of amides is 1. The van der Waals surface area contributed by atoms with Crippen molar-refractivity contribution in [2.75, 3.05) is 5.32 Å². The molecule has 3 rings (SSSR count). The molecule has 6 heteroatoms. The average Bonchev–Trinajstić information content (AvgIpc) is 3.07. The van der Waals surface area contributed by atoms with Gasteiger partial charge in [-0.1, -0.05) is 29.8 Å². The Morgan fingerprint density at radius 3 is 2.76 bits per heavy atom. The summed E-state index contributed by atoms with van der Waals surface area (Å²) in [5.41, 5.74) is 1.46. The second-order valence-corrected chi connectivity index (χ2v) is 6.61. The normalized spacial score (nSPS) is 10.5. The number of hydrogen-bond donors (Lipinski definition) is 1. The Kier molecular flexibility index (Phi) is 5.46. The molecule has 1 N–H and O–H groups in total. The predicted octanol–water partition coefficient (Wildman–Crippen LogP) is 5.84. The zero-order chi connectivity index (χ0) is 17.8. The maximum absolute atomic E-state index is 12.3. The van der Waals surface area contributed by atoms with Gasteiger partial charge in [0.25, 0.3) is 5.91 Å². The quantitative estimate of drug-likeness (QED) is 0.564. The van der Waals surface area contributed by atoms with Gasteiger partial charge in [-0.2, -0.15) is 0 Å². The minimum atomic E-state index is -0.336. The molecule has 1 heterocycles. The molecule has 1 aromatic heterocycles.